The summed E-state index contributed by atoms with van der Waals surface area (Å²) in [6.45, 7) is 2.78. The van der Waals surface area contributed by atoms with Gasteiger partial charge in [0.05, 0.1) is 5.92 Å². The number of likely N-dealkylation sites (tertiary alicyclic amines) is 1. The topological polar surface area (TPSA) is 69.6 Å². The second kappa shape index (κ2) is 6.13. The Labute approximate surface area is 122 Å². The van der Waals surface area contributed by atoms with Crippen LogP contribution in [-0.4, -0.2) is 35.1 Å². The number of amides is 2. The van der Waals surface area contributed by atoms with Crippen molar-refractivity contribution in [3.8, 4) is 0 Å². The van der Waals surface area contributed by atoms with Gasteiger partial charge in [-0.1, -0.05) is 18.5 Å². The number of aliphatic carboxylic acids is 1. The van der Waals surface area contributed by atoms with Gasteiger partial charge in [0.25, 0.3) is 0 Å². The van der Waals surface area contributed by atoms with Crippen LogP contribution in [0.15, 0.2) is 24.3 Å². The number of nitrogens with zero attached hydrogens (tertiary/aromatic N) is 1. The minimum Gasteiger partial charge on any atom is -0.481 e. The maximum Gasteiger partial charge on any atom is 0.321 e. The molecular formula is C14H17ClN2O3. The molecule has 1 saturated heterocycles. The molecule has 20 heavy (non-hydrogen) atoms. The number of piperidine rings is 1. The minimum absolute atomic E-state index is 0.181. The fraction of sp³-hybridized carbons (Fsp3) is 0.429. The molecular weight excluding hydrogens is 280 g/mol. The van der Waals surface area contributed by atoms with E-state index < -0.39 is 11.9 Å². The number of carbonyl (C=O) groups excluding carboxylic acids is 1. The molecule has 5 nitrogen and oxygen atoms in total. The van der Waals surface area contributed by atoms with Gasteiger partial charge in [-0.25, -0.2) is 4.79 Å². The summed E-state index contributed by atoms with van der Waals surface area (Å²) in [6, 6.07) is 6.53. The van der Waals surface area contributed by atoms with Crippen LogP contribution >= 0.6 is 11.6 Å². The molecule has 0 saturated carbocycles. The van der Waals surface area contributed by atoms with E-state index in [-0.39, 0.29) is 18.5 Å². The second-order valence-corrected chi connectivity index (χ2v) is 5.65. The Balaban J connectivity index is 2.01. The zero-order valence-corrected chi connectivity index (χ0v) is 11.9. The van der Waals surface area contributed by atoms with Crippen LogP contribution in [0.2, 0.25) is 5.02 Å². The highest BCUT2D eigenvalue weighted by atomic mass is 35.5. The van der Waals surface area contributed by atoms with Crippen molar-refractivity contribution in [3.63, 3.8) is 0 Å². The molecule has 2 atom stereocenters. The van der Waals surface area contributed by atoms with E-state index in [1.807, 2.05) is 6.92 Å². The molecule has 0 bridgehead atoms. The maximum absolute atomic E-state index is 12.2. The fourth-order valence-corrected chi connectivity index (χ4v) is 2.56. The molecule has 1 aliphatic rings. The summed E-state index contributed by atoms with van der Waals surface area (Å²) < 4.78 is 0. The molecule has 1 aromatic carbocycles. The van der Waals surface area contributed by atoms with Gasteiger partial charge in [-0.3, -0.25) is 4.79 Å². The van der Waals surface area contributed by atoms with Crippen molar-refractivity contribution >= 4 is 29.3 Å². The zero-order chi connectivity index (χ0) is 14.7. The molecule has 0 aliphatic carbocycles. The highest BCUT2D eigenvalue weighted by Gasteiger charge is 2.31. The summed E-state index contributed by atoms with van der Waals surface area (Å²) in [6.07, 6.45) is 0.611. The minimum atomic E-state index is -0.846. The smallest absolute Gasteiger partial charge is 0.321 e. The van der Waals surface area contributed by atoms with Crippen LogP contribution in [-0.2, 0) is 4.79 Å². The Bertz CT molecular complexity index is 504. The first-order valence-electron chi connectivity index (χ1n) is 6.50. The van der Waals surface area contributed by atoms with Gasteiger partial charge in [-0.15, -0.1) is 0 Å². The lowest BCUT2D eigenvalue weighted by Crippen LogP contribution is -2.47. The Morgan fingerprint density at radius 3 is 2.55 bits per heavy atom. The van der Waals surface area contributed by atoms with Crippen molar-refractivity contribution in [2.45, 2.75) is 13.3 Å². The summed E-state index contributed by atoms with van der Waals surface area (Å²) in [5, 5.41) is 12.5. The van der Waals surface area contributed by atoms with Gasteiger partial charge in [-0.05, 0) is 36.6 Å². The van der Waals surface area contributed by atoms with E-state index in [0.717, 1.165) is 0 Å². The molecule has 2 N–H and O–H groups in total. The van der Waals surface area contributed by atoms with E-state index in [1.54, 1.807) is 29.2 Å². The Kier molecular flexibility index (Phi) is 4.49. The molecule has 1 aliphatic heterocycles. The number of rotatable bonds is 2. The lowest BCUT2D eigenvalue weighted by atomic mass is 9.91. The van der Waals surface area contributed by atoms with Gasteiger partial charge in [-0.2, -0.15) is 0 Å². The van der Waals surface area contributed by atoms with Gasteiger partial charge in [0.15, 0.2) is 0 Å². The third kappa shape index (κ3) is 3.63. The van der Waals surface area contributed by atoms with E-state index in [1.165, 1.54) is 0 Å². The molecule has 2 amide bonds. The van der Waals surface area contributed by atoms with Crippen LogP contribution in [0.5, 0.6) is 0 Å². The van der Waals surface area contributed by atoms with E-state index in [4.69, 9.17) is 16.7 Å². The molecule has 1 heterocycles. The number of nitrogens with one attached hydrogen (secondary N) is 1. The van der Waals surface area contributed by atoms with Crippen molar-refractivity contribution in [3.05, 3.63) is 29.3 Å². The molecule has 0 radical (unpaired) electrons. The van der Waals surface area contributed by atoms with Crippen LogP contribution < -0.4 is 5.32 Å². The van der Waals surface area contributed by atoms with Crippen LogP contribution in [0, 0.1) is 11.8 Å². The third-order valence-corrected chi connectivity index (χ3v) is 3.64. The molecule has 108 valence electrons. The summed E-state index contributed by atoms with van der Waals surface area (Å²) in [5.41, 5.74) is 0.643. The number of anilines is 1. The third-order valence-electron chi connectivity index (χ3n) is 3.39. The summed E-state index contributed by atoms with van der Waals surface area (Å²) in [5.74, 6) is -1.16. The van der Waals surface area contributed by atoms with Gasteiger partial charge in [0, 0.05) is 23.8 Å². The van der Waals surface area contributed by atoms with Crippen LogP contribution in [0.25, 0.3) is 0 Å². The lowest BCUT2D eigenvalue weighted by molar-refractivity contribution is -0.143. The molecule has 6 heteroatoms. The lowest BCUT2D eigenvalue weighted by Gasteiger charge is -2.34. The van der Waals surface area contributed by atoms with E-state index in [9.17, 15) is 9.59 Å². The zero-order valence-electron chi connectivity index (χ0n) is 11.2. The van der Waals surface area contributed by atoms with Crippen molar-refractivity contribution in [1.82, 2.24) is 4.90 Å². The number of carbonyl (C=O) groups is 2. The highest BCUT2D eigenvalue weighted by Crippen LogP contribution is 2.22. The number of benzene rings is 1. The summed E-state index contributed by atoms with van der Waals surface area (Å²) >= 11 is 5.78. The molecule has 0 aromatic heterocycles. The molecule has 0 spiro atoms. The normalized spacial score (nSPS) is 22.4. The average Bonchev–Trinajstić information content (AvgIpc) is 2.40. The molecule has 2 rings (SSSR count). The molecule has 2 unspecified atom stereocenters. The first-order chi connectivity index (χ1) is 9.45. The van der Waals surface area contributed by atoms with Crippen molar-refractivity contribution in [1.29, 1.82) is 0 Å². The van der Waals surface area contributed by atoms with Crippen LogP contribution in [0.3, 0.4) is 0 Å². The van der Waals surface area contributed by atoms with E-state index in [0.29, 0.717) is 23.7 Å². The maximum atomic E-state index is 12.2. The quantitative estimate of drug-likeness (QED) is 0.881. The van der Waals surface area contributed by atoms with E-state index in [2.05, 4.69) is 5.32 Å². The number of carboxylic acids is 1. The van der Waals surface area contributed by atoms with Crippen molar-refractivity contribution in [2.75, 3.05) is 18.4 Å². The predicted octanol–water partition coefficient (Wildman–Crippen LogP) is 2.91. The predicted molar refractivity (Wildman–Crippen MR) is 77.0 cm³/mol. The SMILES string of the molecule is CC1CC(C(=O)O)CN(C(=O)Nc2ccc(Cl)cc2)C1. The van der Waals surface area contributed by atoms with E-state index >= 15 is 0 Å². The number of halogens is 1. The highest BCUT2D eigenvalue weighted by molar-refractivity contribution is 6.30. The Hall–Kier alpha value is -1.75. The van der Waals surface area contributed by atoms with Gasteiger partial charge in [0.1, 0.15) is 0 Å². The van der Waals surface area contributed by atoms with Crippen molar-refractivity contribution < 1.29 is 14.7 Å². The Morgan fingerprint density at radius 1 is 1.30 bits per heavy atom. The van der Waals surface area contributed by atoms with Crippen LogP contribution in [0.4, 0.5) is 10.5 Å². The molecule has 1 fully saturated rings. The first-order valence-corrected chi connectivity index (χ1v) is 6.88. The number of hydrogen-bond donors (Lipinski definition) is 2. The van der Waals surface area contributed by atoms with Gasteiger partial charge in [0.2, 0.25) is 0 Å². The van der Waals surface area contributed by atoms with Crippen LogP contribution in [0.1, 0.15) is 13.3 Å². The van der Waals surface area contributed by atoms with Gasteiger partial charge >= 0.3 is 12.0 Å². The monoisotopic (exact) mass is 296 g/mol. The molecule has 1 aromatic rings. The standard InChI is InChI=1S/C14H17ClN2O3/c1-9-6-10(13(18)19)8-17(7-9)14(20)16-12-4-2-11(15)3-5-12/h2-5,9-10H,6-8H2,1H3,(H,16,20)(H,18,19). The number of hydrogen-bond acceptors (Lipinski definition) is 2. The number of urea groups is 1. The summed E-state index contributed by atoms with van der Waals surface area (Å²) in [4.78, 5) is 24.8. The summed E-state index contributed by atoms with van der Waals surface area (Å²) in [7, 11) is 0. The van der Waals surface area contributed by atoms with Gasteiger partial charge < -0.3 is 15.3 Å². The average molecular weight is 297 g/mol. The first kappa shape index (κ1) is 14.7. The fourth-order valence-electron chi connectivity index (χ4n) is 2.43. The second-order valence-electron chi connectivity index (χ2n) is 5.22. The largest absolute Gasteiger partial charge is 0.481 e. The van der Waals surface area contributed by atoms with Crippen molar-refractivity contribution in [2.24, 2.45) is 11.8 Å². The Morgan fingerprint density at radius 2 is 1.95 bits per heavy atom. The number of carboxylic acid groups (broad SMARTS) is 1.